The van der Waals surface area contributed by atoms with Crippen LogP contribution in [0.3, 0.4) is 0 Å². The minimum Gasteiger partial charge on any atom is -0.497 e. The molecule has 1 heterocycles. The van der Waals surface area contributed by atoms with Gasteiger partial charge in [-0.1, -0.05) is 23.7 Å². The summed E-state index contributed by atoms with van der Waals surface area (Å²) >= 11 is 8.01. The summed E-state index contributed by atoms with van der Waals surface area (Å²) in [5.74, 6) is 0.533. The van der Waals surface area contributed by atoms with Crippen molar-refractivity contribution in [2.45, 2.75) is 4.90 Å². The summed E-state index contributed by atoms with van der Waals surface area (Å²) in [6.45, 7) is 0. The summed E-state index contributed by atoms with van der Waals surface area (Å²) in [4.78, 5) is 14.4. The van der Waals surface area contributed by atoms with Gasteiger partial charge in [-0.05, 0) is 72.0 Å². The molecule has 0 radical (unpaired) electrons. The SMILES string of the molecule is COc1cccc(-c2cc(SC)ccc2C(=O)Nc2ccc(Cl)c(-c3ccn(C)n3)c2)c1. The number of carbonyl (C=O) groups excluding carboxylic acids is 1. The molecule has 5 nitrogen and oxygen atoms in total. The van der Waals surface area contributed by atoms with Crippen LogP contribution in [0.4, 0.5) is 5.69 Å². The zero-order valence-corrected chi connectivity index (χ0v) is 19.5. The number of halogens is 1. The van der Waals surface area contributed by atoms with E-state index in [9.17, 15) is 4.79 Å². The van der Waals surface area contributed by atoms with E-state index in [1.165, 1.54) is 0 Å². The molecule has 4 aromatic rings. The number of methoxy groups -OCH3 is 1. The van der Waals surface area contributed by atoms with Crippen molar-refractivity contribution >= 4 is 35.0 Å². The summed E-state index contributed by atoms with van der Waals surface area (Å²) in [6, 6.07) is 20.8. The number of carbonyl (C=O) groups is 1. The Morgan fingerprint density at radius 3 is 2.62 bits per heavy atom. The van der Waals surface area contributed by atoms with Crippen molar-refractivity contribution in [1.82, 2.24) is 9.78 Å². The number of nitrogens with one attached hydrogen (secondary N) is 1. The molecule has 1 N–H and O–H groups in total. The maximum atomic E-state index is 13.3. The topological polar surface area (TPSA) is 56.1 Å². The maximum Gasteiger partial charge on any atom is 0.256 e. The lowest BCUT2D eigenvalue weighted by molar-refractivity contribution is 0.102. The third-order valence-electron chi connectivity index (χ3n) is 5.07. The number of aryl methyl sites for hydroxylation is 1. The Balaban J connectivity index is 1.70. The molecule has 3 aromatic carbocycles. The third kappa shape index (κ3) is 4.66. The van der Waals surface area contributed by atoms with Crippen LogP contribution in [0.25, 0.3) is 22.4 Å². The second-order valence-electron chi connectivity index (χ2n) is 7.17. The minimum atomic E-state index is -0.204. The van der Waals surface area contributed by atoms with Crippen LogP contribution >= 0.6 is 23.4 Å². The van der Waals surface area contributed by atoms with Crippen molar-refractivity contribution in [2.75, 3.05) is 18.7 Å². The molecule has 0 aliphatic carbocycles. The van der Waals surface area contributed by atoms with Crippen LogP contribution in [-0.4, -0.2) is 29.1 Å². The monoisotopic (exact) mass is 463 g/mol. The molecule has 162 valence electrons. The fourth-order valence-corrected chi connectivity index (χ4v) is 4.09. The summed E-state index contributed by atoms with van der Waals surface area (Å²) in [7, 11) is 3.48. The van der Waals surface area contributed by atoms with Crippen LogP contribution in [0.2, 0.25) is 5.02 Å². The molecule has 0 saturated carbocycles. The van der Waals surface area contributed by atoms with Crippen LogP contribution in [0.1, 0.15) is 10.4 Å². The number of rotatable bonds is 6. The molecule has 7 heteroatoms. The molecule has 0 fully saturated rings. The van der Waals surface area contributed by atoms with E-state index in [-0.39, 0.29) is 5.91 Å². The Hall–Kier alpha value is -3.22. The lowest BCUT2D eigenvalue weighted by Gasteiger charge is -2.14. The first-order valence-corrected chi connectivity index (χ1v) is 11.5. The number of ether oxygens (including phenoxy) is 1. The number of hydrogen-bond donors (Lipinski definition) is 1. The van der Waals surface area contributed by atoms with Crippen molar-refractivity contribution in [3.63, 3.8) is 0 Å². The molecule has 32 heavy (non-hydrogen) atoms. The van der Waals surface area contributed by atoms with E-state index in [2.05, 4.69) is 10.4 Å². The van der Waals surface area contributed by atoms with Gasteiger partial charge in [0.25, 0.3) is 5.91 Å². The standard InChI is InChI=1S/C25H22ClN3O2S/c1-29-12-11-24(28-29)22-14-17(7-10-23(22)26)27-25(30)20-9-8-19(32-3)15-21(20)16-5-4-6-18(13-16)31-2/h4-15H,1-3H3,(H,27,30). The summed E-state index contributed by atoms with van der Waals surface area (Å²) in [6.07, 6.45) is 3.86. The fourth-order valence-electron chi connectivity index (χ4n) is 3.43. The van der Waals surface area contributed by atoms with Crippen LogP contribution < -0.4 is 10.1 Å². The molecule has 1 aromatic heterocycles. The Morgan fingerprint density at radius 1 is 1.06 bits per heavy atom. The van der Waals surface area contributed by atoms with Crippen molar-refractivity contribution < 1.29 is 9.53 Å². The molecule has 0 unspecified atom stereocenters. The van der Waals surface area contributed by atoms with E-state index >= 15 is 0 Å². The van der Waals surface area contributed by atoms with Crippen LogP contribution in [-0.2, 0) is 7.05 Å². The maximum absolute atomic E-state index is 13.3. The largest absolute Gasteiger partial charge is 0.497 e. The fraction of sp³-hybridized carbons (Fsp3) is 0.120. The van der Waals surface area contributed by atoms with E-state index < -0.39 is 0 Å². The second kappa shape index (κ2) is 9.51. The zero-order chi connectivity index (χ0) is 22.7. The lowest BCUT2D eigenvalue weighted by atomic mass is 9.98. The van der Waals surface area contributed by atoms with Gasteiger partial charge in [0, 0.05) is 35.0 Å². The highest BCUT2D eigenvalue weighted by Crippen LogP contribution is 2.33. The first-order chi connectivity index (χ1) is 15.5. The number of aromatic nitrogens is 2. The predicted octanol–water partition coefficient (Wildman–Crippen LogP) is 6.39. The van der Waals surface area contributed by atoms with E-state index in [1.54, 1.807) is 35.7 Å². The Labute approximate surface area is 196 Å². The van der Waals surface area contributed by atoms with Crippen LogP contribution in [0.5, 0.6) is 5.75 Å². The van der Waals surface area contributed by atoms with Gasteiger partial charge in [-0.25, -0.2) is 0 Å². The van der Waals surface area contributed by atoms with Crippen molar-refractivity contribution in [3.05, 3.63) is 83.5 Å². The van der Waals surface area contributed by atoms with Crippen LogP contribution in [0, 0.1) is 0 Å². The highest BCUT2D eigenvalue weighted by Gasteiger charge is 2.16. The predicted molar refractivity (Wildman–Crippen MR) is 132 cm³/mol. The number of hydrogen-bond acceptors (Lipinski definition) is 4. The number of thioether (sulfide) groups is 1. The van der Waals surface area contributed by atoms with Gasteiger partial charge in [0.15, 0.2) is 0 Å². The number of amides is 1. The smallest absolute Gasteiger partial charge is 0.256 e. The highest BCUT2D eigenvalue weighted by atomic mass is 35.5. The molecule has 0 aliphatic heterocycles. The average Bonchev–Trinajstić information content (AvgIpc) is 3.25. The third-order valence-corrected chi connectivity index (χ3v) is 6.12. The van der Waals surface area contributed by atoms with Crippen molar-refractivity contribution in [3.8, 4) is 28.1 Å². The van der Waals surface area contributed by atoms with E-state index in [0.29, 0.717) is 16.3 Å². The number of benzene rings is 3. The Bertz CT molecular complexity index is 1290. The molecule has 0 spiro atoms. The molecule has 0 aliphatic rings. The quantitative estimate of drug-likeness (QED) is 0.336. The normalized spacial score (nSPS) is 10.8. The zero-order valence-electron chi connectivity index (χ0n) is 17.9. The van der Waals surface area contributed by atoms with Gasteiger partial charge in [-0.15, -0.1) is 11.8 Å². The van der Waals surface area contributed by atoms with Gasteiger partial charge in [0.2, 0.25) is 0 Å². The number of anilines is 1. The molecule has 4 rings (SSSR count). The van der Waals surface area contributed by atoms with Gasteiger partial charge in [-0.3, -0.25) is 9.48 Å². The Morgan fingerprint density at radius 2 is 1.91 bits per heavy atom. The minimum absolute atomic E-state index is 0.204. The highest BCUT2D eigenvalue weighted by molar-refractivity contribution is 7.98. The average molecular weight is 464 g/mol. The van der Waals surface area contributed by atoms with E-state index in [0.717, 1.165) is 33.0 Å². The second-order valence-corrected chi connectivity index (χ2v) is 8.45. The number of nitrogens with zero attached hydrogens (tertiary/aromatic N) is 2. The van der Waals surface area contributed by atoms with Gasteiger partial charge < -0.3 is 10.1 Å². The van der Waals surface area contributed by atoms with E-state index in [1.807, 2.05) is 74.1 Å². The lowest BCUT2D eigenvalue weighted by Crippen LogP contribution is -2.13. The summed E-state index contributed by atoms with van der Waals surface area (Å²) in [5, 5.41) is 8.00. The molecule has 0 atom stereocenters. The first kappa shape index (κ1) is 22.0. The summed E-state index contributed by atoms with van der Waals surface area (Å²) < 4.78 is 7.08. The Kier molecular flexibility index (Phi) is 6.53. The van der Waals surface area contributed by atoms with Crippen molar-refractivity contribution in [2.24, 2.45) is 7.05 Å². The van der Waals surface area contributed by atoms with Gasteiger partial charge >= 0.3 is 0 Å². The molecular formula is C25H22ClN3O2S. The molecule has 1 amide bonds. The van der Waals surface area contributed by atoms with Gasteiger partial charge in [-0.2, -0.15) is 5.10 Å². The van der Waals surface area contributed by atoms with E-state index in [4.69, 9.17) is 16.3 Å². The summed E-state index contributed by atoms with van der Waals surface area (Å²) in [5.41, 5.74) is 4.48. The van der Waals surface area contributed by atoms with Crippen LogP contribution in [0.15, 0.2) is 77.8 Å². The van der Waals surface area contributed by atoms with Gasteiger partial charge in [0.05, 0.1) is 17.8 Å². The van der Waals surface area contributed by atoms with Gasteiger partial charge in [0.1, 0.15) is 5.75 Å². The molecule has 0 saturated heterocycles. The molecule has 0 bridgehead atoms. The first-order valence-electron chi connectivity index (χ1n) is 9.92. The molecular weight excluding hydrogens is 442 g/mol. The van der Waals surface area contributed by atoms with Crippen molar-refractivity contribution in [1.29, 1.82) is 0 Å².